The fraction of sp³-hybridized carbons (Fsp3) is 0.394. The summed E-state index contributed by atoms with van der Waals surface area (Å²) in [6, 6.07) is 22.3. The zero-order chi connectivity index (χ0) is 28.4. The summed E-state index contributed by atoms with van der Waals surface area (Å²) >= 11 is 0. The van der Waals surface area contributed by atoms with E-state index in [1.165, 1.54) is 5.56 Å². The number of piperazine rings is 1. The highest BCUT2D eigenvalue weighted by Gasteiger charge is 2.26. The Morgan fingerprint density at radius 2 is 1.41 bits per heavy atom. The molecule has 1 aliphatic heterocycles. The molecule has 1 heterocycles. The average molecular weight is 528 g/mol. The number of hydrogen-bond donors (Lipinski definition) is 1. The third kappa shape index (κ3) is 7.20. The van der Waals surface area contributed by atoms with Gasteiger partial charge in [-0.2, -0.15) is 0 Å². The minimum absolute atomic E-state index is 0.0726. The van der Waals surface area contributed by atoms with Crippen LogP contribution in [0.3, 0.4) is 0 Å². The maximum absolute atomic E-state index is 13.4. The van der Waals surface area contributed by atoms with Crippen molar-refractivity contribution in [3.63, 3.8) is 0 Å². The zero-order valence-corrected chi connectivity index (χ0v) is 24.3. The molecule has 6 nitrogen and oxygen atoms in total. The molecule has 0 atom stereocenters. The summed E-state index contributed by atoms with van der Waals surface area (Å²) in [7, 11) is 0. The number of ether oxygens (including phenoxy) is 1. The molecule has 0 radical (unpaired) electrons. The topological polar surface area (TPSA) is 61.9 Å². The Bertz CT molecular complexity index is 1310. The fourth-order valence-corrected chi connectivity index (χ4v) is 4.67. The van der Waals surface area contributed by atoms with E-state index in [-0.39, 0.29) is 17.4 Å². The summed E-state index contributed by atoms with van der Waals surface area (Å²) in [4.78, 5) is 29.7. The number of amides is 2. The van der Waals surface area contributed by atoms with Gasteiger partial charge in [0.2, 0.25) is 0 Å². The zero-order valence-electron chi connectivity index (χ0n) is 24.3. The number of nitrogens with zero attached hydrogens (tertiary/aromatic N) is 2. The Morgan fingerprint density at radius 3 is 1.97 bits per heavy atom. The van der Waals surface area contributed by atoms with Crippen LogP contribution >= 0.6 is 0 Å². The van der Waals surface area contributed by atoms with Gasteiger partial charge in [0, 0.05) is 43.1 Å². The number of benzene rings is 3. The monoisotopic (exact) mass is 527 g/mol. The van der Waals surface area contributed by atoms with Crippen LogP contribution in [0.2, 0.25) is 0 Å². The van der Waals surface area contributed by atoms with Crippen molar-refractivity contribution in [2.24, 2.45) is 0 Å². The second-order valence-electron chi connectivity index (χ2n) is 12.3. The molecule has 39 heavy (non-hydrogen) atoms. The van der Waals surface area contributed by atoms with Crippen molar-refractivity contribution < 1.29 is 14.3 Å². The third-order valence-electron chi connectivity index (χ3n) is 6.90. The largest absolute Gasteiger partial charge is 0.444 e. The van der Waals surface area contributed by atoms with Gasteiger partial charge in [0.25, 0.3) is 5.91 Å². The van der Waals surface area contributed by atoms with Crippen molar-refractivity contribution in [3.05, 3.63) is 83.4 Å². The van der Waals surface area contributed by atoms with Gasteiger partial charge < -0.3 is 19.9 Å². The summed E-state index contributed by atoms with van der Waals surface area (Å²) in [5.41, 5.74) is 6.34. The van der Waals surface area contributed by atoms with Gasteiger partial charge in [0.1, 0.15) is 5.60 Å². The first-order valence-corrected chi connectivity index (χ1v) is 13.7. The number of aryl methyl sites for hydroxylation is 1. The highest BCUT2D eigenvalue weighted by Crippen LogP contribution is 2.30. The van der Waals surface area contributed by atoms with E-state index in [4.69, 9.17) is 4.74 Å². The first kappa shape index (κ1) is 28.2. The van der Waals surface area contributed by atoms with Crippen molar-refractivity contribution in [1.82, 2.24) is 4.90 Å². The lowest BCUT2D eigenvalue weighted by Gasteiger charge is -2.36. The third-order valence-corrected chi connectivity index (χ3v) is 6.90. The Morgan fingerprint density at radius 1 is 0.795 bits per heavy atom. The van der Waals surface area contributed by atoms with Crippen LogP contribution in [0.1, 0.15) is 63.0 Å². The van der Waals surface area contributed by atoms with Crippen LogP contribution in [-0.4, -0.2) is 48.7 Å². The van der Waals surface area contributed by atoms with E-state index in [1.54, 1.807) is 4.90 Å². The first-order chi connectivity index (χ1) is 18.3. The van der Waals surface area contributed by atoms with E-state index >= 15 is 0 Å². The molecule has 0 spiro atoms. The van der Waals surface area contributed by atoms with Crippen LogP contribution in [-0.2, 0) is 10.2 Å². The van der Waals surface area contributed by atoms with E-state index in [9.17, 15) is 9.59 Å². The second kappa shape index (κ2) is 11.1. The molecule has 0 aliphatic carbocycles. The van der Waals surface area contributed by atoms with Crippen LogP contribution in [0.5, 0.6) is 0 Å². The van der Waals surface area contributed by atoms with E-state index < -0.39 is 5.60 Å². The lowest BCUT2D eigenvalue weighted by molar-refractivity contribution is 0.0240. The van der Waals surface area contributed by atoms with Crippen LogP contribution in [0.25, 0.3) is 11.1 Å². The summed E-state index contributed by atoms with van der Waals surface area (Å²) in [6.07, 6.45) is -0.263. The van der Waals surface area contributed by atoms with Gasteiger partial charge in [-0.15, -0.1) is 0 Å². The van der Waals surface area contributed by atoms with Crippen LogP contribution in [0.4, 0.5) is 16.2 Å². The van der Waals surface area contributed by atoms with E-state index in [0.29, 0.717) is 18.7 Å². The van der Waals surface area contributed by atoms with Gasteiger partial charge in [-0.3, -0.25) is 4.79 Å². The molecule has 4 rings (SSSR count). The molecule has 6 heteroatoms. The Labute approximate surface area is 233 Å². The van der Waals surface area contributed by atoms with Crippen molar-refractivity contribution in [2.75, 3.05) is 36.4 Å². The second-order valence-corrected chi connectivity index (χ2v) is 12.3. The number of hydrogen-bond acceptors (Lipinski definition) is 4. The molecular weight excluding hydrogens is 486 g/mol. The van der Waals surface area contributed by atoms with E-state index in [1.807, 2.05) is 64.1 Å². The molecule has 206 valence electrons. The summed E-state index contributed by atoms with van der Waals surface area (Å²) in [6.45, 7) is 17.0. The number of anilines is 2. The quantitative estimate of drug-likeness (QED) is 0.388. The summed E-state index contributed by atoms with van der Waals surface area (Å²) < 4.78 is 5.50. The molecule has 1 saturated heterocycles. The molecular formula is C33H41N3O3. The molecule has 0 bridgehead atoms. The van der Waals surface area contributed by atoms with Crippen LogP contribution < -0.4 is 10.2 Å². The Kier molecular flexibility index (Phi) is 8.05. The molecule has 0 unspecified atom stereocenters. The summed E-state index contributed by atoms with van der Waals surface area (Å²) in [5, 5.41) is 3.07. The van der Waals surface area contributed by atoms with Crippen LogP contribution in [0, 0.1) is 6.92 Å². The molecule has 0 aromatic heterocycles. The predicted molar refractivity (Wildman–Crippen MR) is 160 cm³/mol. The average Bonchev–Trinajstić information content (AvgIpc) is 2.88. The van der Waals surface area contributed by atoms with E-state index in [0.717, 1.165) is 41.2 Å². The van der Waals surface area contributed by atoms with Gasteiger partial charge in [-0.05, 0) is 80.1 Å². The number of rotatable bonds is 4. The molecule has 3 aromatic rings. The maximum atomic E-state index is 13.4. The molecule has 1 N–H and O–H groups in total. The molecule has 1 fully saturated rings. The van der Waals surface area contributed by atoms with Gasteiger partial charge >= 0.3 is 6.09 Å². The Hall–Kier alpha value is -3.80. The fourth-order valence-electron chi connectivity index (χ4n) is 4.67. The molecule has 0 saturated carbocycles. The van der Waals surface area contributed by atoms with Crippen molar-refractivity contribution in [3.8, 4) is 11.1 Å². The number of nitrogens with one attached hydrogen (secondary N) is 1. The van der Waals surface area contributed by atoms with Gasteiger partial charge in [0.15, 0.2) is 0 Å². The minimum atomic E-state index is -0.495. The van der Waals surface area contributed by atoms with Crippen molar-refractivity contribution in [1.29, 1.82) is 0 Å². The Balaban J connectivity index is 1.42. The number of carbonyl (C=O) groups excluding carboxylic acids is 2. The van der Waals surface area contributed by atoms with Crippen molar-refractivity contribution >= 4 is 23.4 Å². The minimum Gasteiger partial charge on any atom is -0.444 e. The van der Waals surface area contributed by atoms with E-state index in [2.05, 4.69) is 61.3 Å². The highest BCUT2D eigenvalue weighted by molar-refractivity contribution is 6.08. The summed E-state index contributed by atoms with van der Waals surface area (Å²) in [5.74, 6) is -0.136. The standard InChI is InChI=1S/C33H41N3O3/c1-23-8-17-28(29(22-23)24-9-11-25(12-10-24)32(2,3)4)30(37)34-26-13-15-27(16-14-26)35-18-20-36(21-19-35)31(38)39-33(5,6)7/h8-17,22H,18-21H2,1-7H3,(H,34,37). The lowest BCUT2D eigenvalue weighted by Crippen LogP contribution is -2.50. The van der Waals surface area contributed by atoms with Crippen LogP contribution in [0.15, 0.2) is 66.7 Å². The van der Waals surface area contributed by atoms with Crippen molar-refractivity contribution in [2.45, 2.75) is 59.5 Å². The van der Waals surface area contributed by atoms with Gasteiger partial charge in [-0.25, -0.2) is 4.79 Å². The highest BCUT2D eigenvalue weighted by atomic mass is 16.6. The SMILES string of the molecule is Cc1ccc(C(=O)Nc2ccc(N3CCN(C(=O)OC(C)(C)C)CC3)cc2)c(-c2ccc(C(C)(C)C)cc2)c1. The molecule has 1 aliphatic rings. The predicted octanol–water partition coefficient (Wildman–Crippen LogP) is 7.27. The first-order valence-electron chi connectivity index (χ1n) is 13.7. The van der Waals surface area contributed by atoms with Gasteiger partial charge in [0.05, 0.1) is 0 Å². The lowest BCUT2D eigenvalue weighted by atomic mass is 9.86. The smallest absolute Gasteiger partial charge is 0.410 e. The maximum Gasteiger partial charge on any atom is 0.410 e. The molecule has 3 aromatic carbocycles. The number of carbonyl (C=O) groups is 2. The normalized spacial score (nSPS) is 14.2. The van der Waals surface area contributed by atoms with Gasteiger partial charge in [-0.1, -0.05) is 62.7 Å². The molecule has 2 amide bonds.